The van der Waals surface area contributed by atoms with Gasteiger partial charge in [0.2, 0.25) is 0 Å². The van der Waals surface area contributed by atoms with Crippen LogP contribution in [0.2, 0.25) is 0 Å². The van der Waals surface area contributed by atoms with E-state index in [1.54, 1.807) is 6.07 Å². The Balaban J connectivity index is 1.91. The fraction of sp³-hybridized carbons (Fsp3) is 0.615. The zero-order chi connectivity index (χ0) is 12.3. The molecular formula is C13H20FN3. The molecule has 1 fully saturated rings. The Morgan fingerprint density at radius 1 is 1.53 bits per heavy atom. The van der Waals surface area contributed by atoms with Crippen LogP contribution in [0.1, 0.15) is 31.5 Å². The van der Waals surface area contributed by atoms with Crippen LogP contribution in [0.4, 0.5) is 4.39 Å². The van der Waals surface area contributed by atoms with Gasteiger partial charge in [0.05, 0.1) is 11.9 Å². The average molecular weight is 237 g/mol. The average Bonchev–Trinajstić information content (AvgIpc) is 2.29. The molecule has 17 heavy (non-hydrogen) atoms. The number of likely N-dealkylation sites (tertiary alicyclic amines) is 1. The maximum absolute atomic E-state index is 12.8. The van der Waals surface area contributed by atoms with E-state index in [0.717, 1.165) is 12.2 Å². The van der Waals surface area contributed by atoms with Crippen LogP contribution in [0.15, 0.2) is 18.3 Å². The van der Waals surface area contributed by atoms with Gasteiger partial charge in [-0.05, 0) is 45.5 Å². The van der Waals surface area contributed by atoms with E-state index < -0.39 is 0 Å². The molecule has 0 saturated carbocycles. The summed E-state index contributed by atoms with van der Waals surface area (Å²) in [5.74, 6) is -0.279. The third-order valence-corrected chi connectivity index (χ3v) is 3.30. The topological polar surface area (TPSA) is 28.2 Å². The van der Waals surface area contributed by atoms with E-state index in [9.17, 15) is 4.39 Å². The van der Waals surface area contributed by atoms with E-state index in [2.05, 4.69) is 29.2 Å². The summed E-state index contributed by atoms with van der Waals surface area (Å²) in [5.41, 5.74) is 0.902. The molecule has 2 atom stereocenters. The normalized spacial score (nSPS) is 23.6. The summed E-state index contributed by atoms with van der Waals surface area (Å²) in [6.07, 6.45) is 3.72. The van der Waals surface area contributed by atoms with Crippen molar-refractivity contribution in [3.8, 4) is 0 Å². The number of nitrogens with one attached hydrogen (secondary N) is 1. The van der Waals surface area contributed by atoms with Crippen LogP contribution in [0, 0.1) is 5.82 Å². The zero-order valence-electron chi connectivity index (χ0n) is 10.5. The standard InChI is InChI=1S/C13H20FN3/c1-10(13-6-5-11(14)8-15-13)16-12-4-3-7-17(2)9-12/h5-6,8,10,12,16H,3-4,7,9H2,1-2H3. The first-order valence-electron chi connectivity index (χ1n) is 6.21. The van der Waals surface area contributed by atoms with Crippen molar-refractivity contribution < 1.29 is 4.39 Å². The van der Waals surface area contributed by atoms with Crippen LogP contribution in [0.3, 0.4) is 0 Å². The quantitative estimate of drug-likeness (QED) is 0.871. The van der Waals surface area contributed by atoms with Gasteiger partial charge in [-0.2, -0.15) is 0 Å². The largest absolute Gasteiger partial charge is 0.305 e. The van der Waals surface area contributed by atoms with Crippen molar-refractivity contribution in [2.45, 2.75) is 31.8 Å². The van der Waals surface area contributed by atoms with Gasteiger partial charge in [0, 0.05) is 18.6 Å². The number of likely N-dealkylation sites (N-methyl/N-ethyl adjacent to an activating group) is 1. The molecule has 1 aromatic heterocycles. The van der Waals surface area contributed by atoms with Crippen molar-refractivity contribution in [1.82, 2.24) is 15.2 Å². The van der Waals surface area contributed by atoms with Crippen LogP contribution in [-0.4, -0.2) is 36.1 Å². The number of hydrogen-bond donors (Lipinski definition) is 1. The monoisotopic (exact) mass is 237 g/mol. The first-order chi connectivity index (χ1) is 8.15. The molecule has 0 spiro atoms. The third-order valence-electron chi connectivity index (χ3n) is 3.30. The van der Waals surface area contributed by atoms with Crippen LogP contribution < -0.4 is 5.32 Å². The molecule has 3 nitrogen and oxygen atoms in total. The van der Waals surface area contributed by atoms with Crippen molar-refractivity contribution in [2.24, 2.45) is 0 Å². The highest BCUT2D eigenvalue weighted by molar-refractivity contribution is 5.09. The van der Waals surface area contributed by atoms with Crippen LogP contribution in [0.5, 0.6) is 0 Å². The molecule has 0 aliphatic carbocycles. The SMILES string of the molecule is CC(NC1CCCN(C)C1)c1ccc(F)cn1. The van der Waals surface area contributed by atoms with Crippen molar-refractivity contribution in [1.29, 1.82) is 0 Å². The molecule has 2 rings (SSSR count). The summed E-state index contributed by atoms with van der Waals surface area (Å²) in [7, 11) is 2.15. The summed E-state index contributed by atoms with van der Waals surface area (Å²) in [4.78, 5) is 6.45. The van der Waals surface area contributed by atoms with Gasteiger partial charge in [0.1, 0.15) is 5.82 Å². The van der Waals surface area contributed by atoms with Crippen LogP contribution in [-0.2, 0) is 0 Å². The fourth-order valence-corrected chi connectivity index (χ4v) is 2.38. The lowest BCUT2D eigenvalue weighted by atomic mass is 10.0. The number of nitrogens with zero attached hydrogens (tertiary/aromatic N) is 2. The summed E-state index contributed by atoms with van der Waals surface area (Å²) >= 11 is 0. The first-order valence-corrected chi connectivity index (χ1v) is 6.21. The van der Waals surface area contributed by atoms with Crippen molar-refractivity contribution >= 4 is 0 Å². The van der Waals surface area contributed by atoms with Gasteiger partial charge in [0.15, 0.2) is 0 Å². The van der Waals surface area contributed by atoms with Crippen molar-refractivity contribution in [2.75, 3.05) is 20.1 Å². The lowest BCUT2D eigenvalue weighted by Gasteiger charge is -2.32. The van der Waals surface area contributed by atoms with E-state index in [1.807, 2.05) is 0 Å². The zero-order valence-corrected chi connectivity index (χ0v) is 10.5. The highest BCUT2D eigenvalue weighted by atomic mass is 19.1. The molecule has 1 aromatic rings. The molecule has 94 valence electrons. The van der Waals surface area contributed by atoms with E-state index in [4.69, 9.17) is 0 Å². The van der Waals surface area contributed by atoms with Gasteiger partial charge in [-0.1, -0.05) is 0 Å². The van der Waals surface area contributed by atoms with E-state index in [1.165, 1.54) is 31.6 Å². The second-order valence-corrected chi connectivity index (χ2v) is 4.89. The molecule has 2 unspecified atom stereocenters. The molecule has 1 N–H and O–H groups in total. The number of aromatic nitrogens is 1. The number of hydrogen-bond acceptors (Lipinski definition) is 3. The Labute approximate surface area is 102 Å². The number of halogens is 1. The Morgan fingerprint density at radius 3 is 3.00 bits per heavy atom. The fourth-order valence-electron chi connectivity index (χ4n) is 2.38. The minimum absolute atomic E-state index is 0.173. The molecule has 0 amide bonds. The third kappa shape index (κ3) is 3.48. The Kier molecular flexibility index (Phi) is 4.07. The van der Waals surface area contributed by atoms with Gasteiger partial charge in [-0.15, -0.1) is 0 Å². The molecular weight excluding hydrogens is 217 g/mol. The molecule has 0 bridgehead atoms. The summed E-state index contributed by atoms with van der Waals surface area (Å²) in [5, 5.41) is 3.56. The van der Waals surface area contributed by atoms with Gasteiger partial charge < -0.3 is 10.2 Å². The van der Waals surface area contributed by atoms with E-state index >= 15 is 0 Å². The molecule has 2 heterocycles. The minimum atomic E-state index is -0.279. The van der Waals surface area contributed by atoms with Gasteiger partial charge in [-0.3, -0.25) is 4.98 Å². The molecule has 1 aliphatic heterocycles. The van der Waals surface area contributed by atoms with E-state index in [-0.39, 0.29) is 11.9 Å². The maximum Gasteiger partial charge on any atom is 0.141 e. The van der Waals surface area contributed by atoms with Gasteiger partial charge >= 0.3 is 0 Å². The van der Waals surface area contributed by atoms with Crippen molar-refractivity contribution in [3.05, 3.63) is 29.8 Å². The predicted octanol–water partition coefficient (Wildman–Crippen LogP) is 1.97. The maximum atomic E-state index is 12.8. The summed E-state index contributed by atoms with van der Waals surface area (Å²) in [6, 6.07) is 3.90. The van der Waals surface area contributed by atoms with Crippen LogP contribution in [0.25, 0.3) is 0 Å². The molecule has 1 aliphatic rings. The van der Waals surface area contributed by atoms with Crippen LogP contribution >= 0.6 is 0 Å². The molecule has 0 radical (unpaired) electrons. The predicted molar refractivity (Wildman–Crippen MR) is 66.3 cm³/mol. The molecule has 0 aromatic carbocycles. The second kappa shape index (κ2) is 5.56. The number of pyridine rings is 1. The van der Waals surface area contributed by atoms with Crippen molar-refractivity contribution in [3.63, 3.8) is 0 Å². The highest BCUT2D eigenvalue weighted by Gasteiger charge is 2.19. The lowest BCUT2D eigenvalue weighted by Crippen LogP contribution is -2.44. The summed E-state index contributed by atoms with van der Waals surface area (Å²) in [6.45, 7) is 4.34. The lowest BCUT2D eigenvalue weighted by molar-refractivity contribution is 0.218. The minimum Gasteiger partial charge on any atom is -0.305 e. The number of rotatable bonds is 3. The Bertz CT molecular complexity index is 352. The highest BCUT2D eigenvalue weighted by Crippen LogP contribution is 2.14. The second-order valence-electron chi connectivity index (χ2n) is 4.89. The van der Waals surface area contributed by atoms with E-state index in [0.29, 0.717) is 6.04 Å². The smallest absolute Gasteiger partial charge is 0.141 e. The Morgan fingerprint density at radius 2 is 2.35 bits per heavy atom. The summed E-state index contributed by atoms with van der Waals surface area (Å²) < 4.78 is 12.8. The van der Waals surface area contributed by atoms with Gasteiger partial charge in [-0.25, -0.2) is 4.39 Å². The Hall–Kier alpha value is -1.00. The van der Waals surface area contributed by atoms with Gasteiger partial charge in [0.25, 0.3) is 0 Å². The molecule has 1 saturated heterocycles. The molecule has 4 heteroatoms. The first kappa shape index (κ1) is 12.5. The number of piperidine rings is 1.